The molecule has 0 bridgehead atoms. The summed E-state index contributed by atoms with van der Waals surface area (Å²) in [5.41, 5.74) is 2.03. The Hall–Kier alpha value is -2.06. The van der Waals surface area contributed by atoms with Gasteiger partial charge in [0.05, 0.1) is 12.1 Å². The fraction of sp³-hybridized carbons (Fsp3) is 0.583. The van der Waals surface area contributed by atoms with E-state index in [1.165, 1.54) is 11.3 Å². The van der Waals surface area contributed by atoms with Gasteiger partial charge in [-0.15, -0.1) is 0 Å². The number of nitrogens with zero attached hydrogens (tertiary/aromatic N) is 2. The molecule has 2 heterocycles. The molecule has 174 valence electrons. The minimum Gasteiger partial charge on any atom is -0.464 e. The lowest BCUT2D eigenvalue weighted by Gasteiger charge is -2.32. The van der Waals surface area contributed by atoms with Crippen molar-refractivity contribution in [2.45, 2.75) is 64.0 Å². The highest BCUT2D eigenvalue weighted by molar-refractivity contribution is 7.13. The van der Waals surface area contributed by atoms with E-state index in [0.717, 1.165) is 74.3 Å². The van der Waals surface area contributed by atoms with Crippen LogP contribution in [0, 0.1) is 5.92 Å². The SMILES string of the molecule is O=C(Cc1ccccc1)NC1CCC(CCN2CCc3sc(OCC(F)F)nc3C2)CC1. The van der Waals surface area contributed by atoms with Crippen LogP contribution >= 0.6 is 11.3 Å². The Morgan fingerprint density at radius 1 is 1.22 bits per heavy atom. The molecule has 2 aliphatic rings. The lowest BCUT2D eigenvalue weighted by molar-refractivity contribution is -0.121. The molecule has 5 nitrogen and oxygen atoms in total. The highest BCUT2D eigenvalue weighted by Crippen LogP contribution is 2.31. The Labute approximate surface area is 192 Å². The van der Waals surface area contributed by atoms with Gasteiger partial charge in [0.1, 0.15) is 0 Å². The fourth-order valence-corrected chi connectivity index (χ4v) is 5.55. The third-order valence-electron chi connectivity index (χ3n) is 6.39. The van der Waals surface area contributed by atoms with Gasteiger partial charge in [-0.05, 0) is 56.6 Å². The summed E-state index contributed by atoms with van der Waals surface area (Å²) < 4.78 is 29.8. The van der Waals surface area contributed by atoms with Gasteiger partial charge in [-0.2, -0.15) is 0 Å². The third-order valence-corrected chi connectivity index (χ3v) is 7.46. The lowest BCUT2D eigenvalue weighted by Crippen LogP contribution is -2.39. The summed E-state index contributed by atoms with van der Waals surface area (Å²) >= 11 is 1.40. The predicted molar refractivity (Wildman–Crippen MR) is 121 cm³/mol. The Morgan fingerprint density at radius 3 is 2.75 bits per heavy atom. The summed E-state index contributed by atoms with van der Waals surface area (Å²) in [4.78, 5) is 20.3. The topological polar surface area (TPSA) is 54.5 Å². The largest absolute Gasteiger partial charge is 0.464 e. The number of alkyl halides is 2. The number of hydrogen-bond acceptors (Lipinski definition) is 5. The zero-order chi connectivity index (χ0) is 22.3. The molecule has 1 amide bonds. The summed E-state index contributed by atoms with van der Waals surface area (Å²) in [5, 5.41) is 3.57. The Balaban J connectivity index is 1.14. The first-order valence-electron chi connectivity index (χ1n) is 11.5. The first kappa shape index (κ1) is 23.1. The molecule has 0 saturated heterocycles. The van der Waals surface area contributed by atoms with Gasteiger partial charge in [0.2, 0.25) is 5.91 Å². The first-order chi connectivity index (χ1) is 15.5. The number of hydrogen-bond donors (Lipinski definition) is 1. The van der Waals surface area contributed by atoms with Gasteiger partial charge >= 0.3 is 0 Å². The van der Waals surface area contributed by atoms with Gasteiger partial charge in [-0.3, -0.25) is 9.69 Å². The molecule has 2 aromatic rings. The number of thiazole rings is 1. The number of carbonyl (C=O) groups excluding carboxylic acids is 1. The van der Waals surface area contributed by atoms with Crippen LogP contribution in [0.2, 0.25) is 0 Å². The van der Waals surface area contributed by atoms with E-state index in [1.807, 2.05) is 30.3 Å². The number of aromatic nitrogens is 1. The van der Waals surface area contributed by atoms with Crippen LogP contribution < -0.4 is 10.1 Å². The summed E-state index contributed by atoms with van der Waals surface area (Å²) in [6, 6.07) is 10.2. The van der Waals surface area contributed by atoms with Crippen molar-refractivity contribution in [3.63, 3.8) is 0 Å². The molecular weight excluding hydrogens is 432 g/mol. The molecule has 0 spiro atoms. The molecule has 0 radical (unpaired) electrons. The second kappa shape index (κ2) is 11.2. The van der Waals surface area contributed by atoms with Crippen LogP contribution in [-0.4, -0.2) is 48.0 Å². The maximum absolute atomic E-state index is 12.3. The zero-order valence-corrected chi connectivity index (χ0v) is 19.1. The molecule has 1 saturated carbocycles. The van der Waals surface area contributed by atoms with E-state index >= 15 is 0 Å². The Morgan fingerprint density at radius 2 is 2.00 bits per heavy atom. The second-order valence-electron chi connectivity index (χ2n) is 8.81. The van der Waals surface area contributed by atoms with Crippen LogP contribution in [0.4, 0.5) is 8.78 Å². The van der Waals surface area contributed by atoms with E-state index in [9.17, 15) is 13.6 Å². The number of amides is 1. The van der Waals surface area contributed by atoms with Crippen molar-refractivity contribution in [1.29, 1.82) is 0 Å². The molecule has 1 aromatic heterocycles. The average molecular weight is 464 g/mol. The van der Waals surface area contributed by atoms with Crippen molar-refractivity contribution in [3.8, 4) is 5.19 Å². The molecule has 8 heteroatoms. The van der Waals surface area contributed by atoms with Gasteiger partial charge in [0.15, 0.2) is 6.61 Å². The Bertz CT molecular complexity index is 869. The number of ether oxygens (including phenoxy) is 1. The summed E-state index contributed by atoms with van der Waals surface area (Å²) in [7, 11) is 0. The molecule has 1 N–H and O–H groups in total. The van der Waals surface area contributed by atoms with Crippen LogP contribution in [0.5, 0.6) is 5.19 Å². The van der Waals surface area contributed by atoms with Crippen molar-refractivity contribution in [1.82, 2.24) is 15.2 Å². The van der Waals surface area contributed by atoms with Crippen LogP contribution in [0.25, 0.3) is 0 Å². The van der Waals surface area contributed by atoms with Gasteiger partial charge < -0.3 is 10.1 Å². The van der Waals surface area contributed by atoms with Crippen molar-refractivity contribution < 1.29 is 18.3 Å². The van der Waals surface area contributed by atoms with E-state index in [0.29, 0.717) is 23.6 Å². The van der Waals surface area contributed by atoms with Crippen LogP contribution in [0.3, 0.4) is 0 Å². The van der Waals surface area contributed by atoms with E-state index in [4.69, 9.17) is 4.74 Å². The molecule has 1 aliphatic heterocycles. The van der Waals surface area contributed by atoms with Crippen LogP contribution in [-0.2, 0) is 24.2 Å². The predicted octanol–water partition coefficient (Wildman–Crippen LogP) is 4.45. The molecule has 32 heavy (non-hydrogen) atoms. The monoisotopic (exact) mass is 463 g/mol. The first-order valence-corrected chi connectivity index (χ1v) is 12.3. The van der Waals surface area contributed by atoms with Crippen molar-refractivity contribution in [2.24, 2.45) is 5.92 Å². The number of nitrogens with one attached hydrogen (secondary N) is 1. The summed E-state index contributed by atoms with van der Waals surface area (Å²) in [6.07, 6.45) is 4.43. The van der Waals surface area contributed by atoms with E-state index in [-0.39, 0.29) is 5.91 Å². The molecule has 1 aromatic carbocycles. The van der Waals surface area contributed by atoms with Gasteiger partial charge in [-0.25, -0.2) is 13.8 Å². The van der Waals surface area contributed by atoms with Crippen LogP contribution in [0.15, 0.2) is 30.3 Å². The number of rotatable bonds is 9. The molecule has 1 aliphatic carbocycles. The molecular formula is C24H31F2N3O2S. The highest BCUT2D eigenvalue weighted by atomic mass is 32.1. The second-order valence-corrected chi connectivity index (χ2v) is 9.86. The normalized spacial score (nSPS) is 21.3. The number of fused-ring (bicyclic) bond motifs is 1. The molecule has 1 fully saturated rings. The van der Waals surface area contributed by atoms with Crippen molar-refractivity contribution >= 4 is 17.2 Å². The molecule has 0 unspecified atom stereocenters. The number of halogens is 2. The Kier molecular flexibility index (Phi) is 8.08. The maximum Gasteiger partial charge on any atom is 0.273 e. The van der Waals surface area contributed by atoms with Gasteiger partial charge in [0.25, 0.3) is 11.6 Å². The quantitative estimate of drug-likeness (QED) is 0.597. The van der Waals surface area contributed by atoms with E-state index in [1.54, 1.807) is 0 Å². The summed E-state index contributed by atoms with van der Waals surface area (Å²) in [5.74, 6) is 0.808. The maximum atomic E-state index is 12.3. The third kappa shape index (κ3) is 6.72. The number of carbonyl (C=O) groups is 1. The van der Waals surface area contributed by atoms with Crippen LogP contribution in [0.1, 0.15) is 48.2 Å². The molecule has 4 rings (SSSR count). The highest BCUT2D eigenvalue weighted by Gasteiger charge is 2.25. The smallest absolute Gasteiger partial charge is 0.273 e. The van der Waals surface area contributed by atoms with E-state index < -0.39 is 13.0 Å². The van der Waals surface area contributed by atoms with E-state index in [2.05, 4.69) is 15.2 Å². The molecule has 0 atom stereocenters. The summed E-state index contributed by atoms with van der Waals surface area (Å²) in [6.45, 7) is 2.19. The lowest BCUT2D eigenvalue weighted by atomic mass is 9.84. The zero-order valence-electron chi connectivity index (χ0n) is 18.3. The fourth-order valence-electron chi connectivity index (χ4n) is 4.64. The minimum atomic E-state index is -2.47. The van der Waals surface area contributed by atoms with Gasteiger partial charge in [-0.1, -0.05) is 41.7 Å². The van der Waals surface area contributed by atoms with Crippen molar-refractivity contribution in [2.75, 3.05) is 19.7 Å². The average Bonchev–Trinajstić information content (AvgIpc) is 3.20. The number of benzene rings is 1. The standard InChI is InChI=1S/C24H31F2N3O2S/c25-22(26)16-31-24-28-20-15-29(13-11-21(20)32-24)12-10-17-6-8-19(9-7-17)27-23(30)14-18-4-2-1-3-5-18/h1-5,17,19,22H,6-16H2,(H,27,30). The minimum absolute atomic E-state index is 0.115. The van der Waals surface area contributed by atoms with Crippen molar-refractivity contribution in [3.05, 3.63) is 46.5 Å². The van der Waals surface area contributed by atoms with Gasteiger partial charge in [0, 0.05) is 24.0 Å².